The molecule has 3 fully saturated rings. The first-order chi connectivity index (χ1) is 14.3. The van der Waals surface area contributed by atoms with Gasteiger partial charge in [0.25, 0.3) is 0 Å². The van der Waals surface area contributed by atoms with E-state index in [9.17, 15) is 23.4 Å². The average molecular weight is 443 g/mol. The van der Waals surface area contributed by atoms with Crippen LogP contribution in [0, 0.1) is 40.4 Å². The third-order valence-corrected chi connectivity index (χ3v) is 10.5. The Morgan fingerprint density at radius 1 is 1.10 bits per heavy atom. The van der Waals surface area contributed by atoms with Gasteiger partial charge in [-0.25, -0.2) is 0 Å². The Bertz CT molecular complexity index is 714. The van der Waals surface area contributed by atoms with Crippen LogP contribution in [0.15, 0.2) is 11.6 Å². The Morgan fingerprint density at radius 2 is 1.81 bits per heavy atom. The van der Waals surface area contributed by atoms with E-state index >= 15 is 0 Å². The van der Waals surface area contributed by atoms with Gasteiger partial charge in [0.1, 0.15) is 0 Å². The van der Waals surface area contributed by atoms with Crippen molar-refractivity contribution in [2.75, 3.05) is 0 Å². The minimum Gasteiger partial charge on any atom is -0.393 e. The molecule has 31 heavy (non-hydrogen) atoms. The van der Waals surface area contributed by atoms with Gasteiger partial charge in [-0.2, -0.15) is 13.2 Å². The van der Waals surface area contributed by atoms with Crippen LogP contribution in [0.3, 0.4) is 0 Å². The molecular formula is C26H41F3O2. The minimum absolute atomic E-state index is 0.185. The predicted octanol–water partition coefficient (Wildman–Crippen LogP) is 6.66. The molecule has 4 aliphatic rings. The zero-order chi connectivity index (χ0) is 22.8. The van der Waals surface area contributed by atoms with Crippen LogP contribution in [0.2, 0.25) is 0 Å². The van der Waals surface area contributed by atoms with E-state index in [2.05, 4.69) is 26.8 Å². The van der Waals surface area contributed by atoms with Crippen molar-refractivity contribution in [2.24, 2.45) is 40.4 Å². The maximum atomic E-state index is 13.1. The Hall–Kier alpha value is -0.550. The molecule has 3 saturated carbocycles. The van der Waals surface area contributed by atoms with Crippen molar-refractivity contribution in [3.8, 4) is 0 Å². The molecule has 9 atom stereocenters. The third kappa shape index (κ3) is 3.80. The van der Waals surface area contributed by atoms with Crippen molar-refractivity contribution >= 4 is 0 Å². The highest BCUT2D eigenvalue weighted by atomic mass is 19.4. The van der Waals surface area contributed by atoms with Crippen LogP contribution in [0.5, 0.6) is 0 Å². The van der Waals surface area contributed by atoms with Gasteiger partial charge in [0, 0.05) is 0 Å². The van der Waals surface area contributed by atoms with Gasteiger partial charge in [-0.05, 0) is 112 Å². The van der Waals surface area contributed by atoms with E-state index in [4.69, 9.17) is 0 Å². The highest BCUT2D eigenvalue weighted by molar-refractivity contribution is 5.25. The summed E-state index contributed by atoms with van der Waals surface area (Å²) in [6, 6.07) is 0. The summed E-state index contributed by atoms with van der Waals surface area (Å²) in [6.07, 6.45) is 6.46. The quantitative estimate of drug-likeness (QED) is 0.478. The van der Waals surface area contributed by atoms with E-state index in [-0.39, 0.29) is 29.3 Å². The molecular weight excluding hydrogens is 401 g/mol. The monoisotopic (exact) mass is 442 g/mol. The van der Waals surface area contributed by atoms with Crippen LogP contribution in [0.4, 0.5) is 13.2 Å². The number of aliphatic hydroxyl groups excluding tert-OH is 1. The summed E-state index contributed by atoms with van der Waals surface area (Å²) in [6.45, 7) is 7.87. The summed E-state index contributed by atoms with van der Waals surface area (Å²) in [7, 11) is 0. The van der Waals surface area contributed by atoms with Crippen LogP contribution in [0.1, 0.15) is 91.9 Å². The molecule has 2 nitrogen and oxygen atoms in total. The zero-order valence-corrected chi connectivity index (χ0v) is 19.6. The molecule has 4 aliphatic carbocycles. The Morgan fingerprint density at radius 3 is 2.48 bits per heavy atom. The number of hydrogen-bond acceptors (Lipinski definition) is 2. The number of fused-ring (bicyclic) bond motifs is 5. The van der Waals surface area contributed by atoms with Gasteiger partial charge < -0.3 is 10.2 Å². The van der Waals surface area contributed by atoms with E-state index in [1.807, 2.05) is 0 Å². The summed E-state index contributed by atoms with van der Waals surface area (Å²) in [4.78, 5) is 0. The number of hydrogen-bond donors (Lipinski definition) is 2. The van der Waals surface area contributed by atoms with Gasteiger partial charge in [0.15, 0.2) is 5.60 Å². The smallest absolute Gasteiger partial charge is 0.393 e. The lowest BCUT2D eigenvalue weighted by Crippen LogP contribution is -2.51. The molecule has 0 spiro atoms. The van der Waals surface area contributed by atoms with Crippen molar-refractivity contribution in [3.63, 3.8) is 0 Å². The van der Waals surface area contributed by atoms with E-state index in [0.717, 1.165) is 45.4 Å². The van der Waals surface area contributed by atoms with E-state index < -0.39 is 11.8 Å². The molecule has 0 saturated heterocycles. The predicted molar refractivity (Wildman–Crippen MR) is 116 cm³/mol. The van der Waals surface area contributed by atoms with E-state index in [1.54, 1.807) is 0 Å². The second kappa shape index (κ2) is 7.75. The molecule has 4 rings (SSSR count). The Labute approximate surface area is 185 Å². The molecule has 0 bridgehead atoms. The SMILES string of the molecule is C[C@H](CC[C@](C)(O)C(F)(F)F)[C@H]1CC[C@H]2[C@@H]3CC=C4C[C@@H](O)CC[C@]4(C)[C@H]3CC[C@]12C. The maximum Gasteiger partial charge on any atom is 0.416 e. The number of rotatable bonds is 4. The minimum atomic E-state index is -4.57. The lowest BCUT2D eigenvalue weighted by molar-refractivity contribution is -0.256. The Balaban J connectivity index is 1.48. The summed E-state index contributed by atoms with van der Waals surface area (Å²) >= 11 is 0. The van der Waals surface area contributed by atoms with Crippen molar-refractivity contribution in [2.45, 2.75) is 110 Å². The van der Waals surface area contributed by atoms with E-state index in [1.165, 1.54) is 18.4 Å². The van der Waals surface area contributed by atoms with Gasteiger partial charge in [0.05, 0.1) is 6.10 Å². The highest BCUT2D eigenvalue weighted by Crippen LogP contribution is 2.67. The Kier molecular flexibility index (Phi) is 5.90. The normalized spacial score (nSPS) is 45.7. The standard InChI is InChI=1S/C26H41F3O2/c1-16(9-14-25(4,31)26(27,28)29)20-7-8-21-19-6-5-17-15-18(30)10-12-23(17,2)22(19)11-13-24(20,21)3/h5,16,18-22,30-31H,6-15H2,1-4H3/t16-,18+,19+,20-,21+,22+,23+,24-,25+/m1/s1. The fourth-order valence-corrected chi connectivity index (χ4v) is 8.47. The molecule has 0 heterocycles. The fraction of sp³-hybridized carbons (Fsp3) is 0.923. The number of halogens is 3. The largest absolute Gasteiger partial charge is 0.416 e. The van der Waals surface area contributed by atoms with Gasteiger partial charge in [-0.1, -0.05) is 32.4 Å². The molecule has 0 aromatic carbocycles. The highest BCUT2D eigenvalue weighted by Gasteiger charge is 2.59. The van der Waals surface area contributed by atoms with Gasteiger partial charge >= 0.3 is 6.18 Å². The van der Waals surface area contributed by atoms with Gasteiger partial charge in [-0.15, -0.1) is 0 Å². The van der Waals surface area contributed by atoms with Crippen molar-refractivity contribution < 1.29 is 23.4 Å². The topological polar surface area (TPSA) is 40.5 Å². The molecule has 0 radical (unpaired) electrons. The molecule has 5 heteroatoms. The van der Waals surface area contributed by atoms with E-state index in [0.29, 0.717) is 30.1 Å². The lowest BCUT2D eigenvalue weighted by Gasteiger charge is -2.58. The van der Waals surface area contributed by atoms with Crippen molar-refractivity contribution in [3.05, 3.63) is 11.6 Å². The summed E-state index contributed by atoms with van der Waals surface area (Å²) in [5, 5.41) is 20.1. The molecule has 0 unspecified atom stereocenters. The number of allylic oxidation sites excluding steroid dienone is 1. The van der Waals surface area contributed by atoms with Crippen molar-refractivity contribution in [1.82, 2.24) is 0 Å². The first-order valence-corrected chi connectivity index (χ1v) is 12.5. The lowest BCUT2D eigenvalue weighted by atomic mass is 9.47. The number of aliphatic hydroxyl groups is 2. The molecule has 0 aromatic rings. The summed E-state index contributed by atoms with van der Waals surface area (Å²) < 4.78 is 39.3. The number of alkyl halides is 3. The van der Waals surface area contributed by atoms with Crippen LogP contribution >= 0.6 is 0 Å². The van der Waals surface area contributed by atoms with Crippen molar-refractivity contribution in [1.29, 1.82) is 0 Å². The second-order valence-electron chi connectivity index (χ2n) is 12.2. The summed E-state index contributed by atoms with van der Waals surface area (Å²) in [5.74, 6) is 2.61. The molecule has 0 amide bonds. The fourth-order valence-electron chi connectivity index (χ4n) is 8.47. The van der Waals surface area contributed by atoms with Crippen LogP contribution in [-0.4, -0.2) is 28.1 Å². The second-order valence-corrected chi connectivity index (χ2v) is 12.2. The first kappa shape index (κ1) is 23.6. The molecule has 2 N–H and O–H groups in total. The first-order valence-electron chi connectivity index (χ1n) is 12.5. The van der Waals surface area contributed by atoms with Crippen LogP contribution in [0.25, 0.3) is 0 Å². The molecule has 0 aromatic heterocycles. The molecule has 0 aliphatic heterocycles. The van der Waals surface area contributed by atoms with Gasteiger partial charge in [0.2, 0.25) is 0 Å². The van der Waals surface area contributed by atoms with Crippen LogP contribution < -0.4 is 0 Å². The third-order valence-electron chi connectivity index (χ3n) is 10.5. The molecule has 178 valence electrons. The van der Waals surface area contributed by atoms with Crippen LogP contribution in [-0.2, 0) is 0 Å². The average Bonchev–Trinajstić information content (AvgIpc) is 3.03. The summed E-state index contributed by atoms with van der Waals surface area (Å²) in [5.41, 5.74) is -0.699. The zero-order valence-electron chi connectivity index (χ0n) is 19.6. The maximum absolute atomic E-state index is 13.1. The van der Waals surface area contributed by atoms with Gasteiger partial charge in [-0.3, -0.25) is 0 Å².